The summed E-state index contributed by atoms with van der Waals surface area (Å²) in [5.74, 6) is 1.38. The predicted octanol–water partition coefficient (Wildman–Crippen LogP) is 4.92. The molecule has 1 N–H and O–H groups in total. The standard InChI is InChI=1S/C22H29NO4/c1-3-5-6-15-26-20-11-7-18(8-12-20)22(24)23-19-9-13-21(14-10-19)27-17-16-25-4-2/h7-14H,3-6,15-17H2,1-2H3,(H,23,24). The number of hydrogen-bond acceptors (Lipinski definition) is 4. The molecule has 2 rings (SSSR count). The van der Waals surface area contributed by atoms with E-state index >= 15 is 0 Å². The number of benzene rings is 2. The predicted molar refractivity (Wildman–Crippen MR) is 108 cm³/mol. The van der Waals surface area contributed by atoms with Crippen LogP contribution in [0.25, 0.3) is 0 Å². The Kier molecular flexibility index (Phi) is 9.21. The molecule has 27 heavy (non-hydrogen) atoms. The van der Waals surface area contributed by atoms with Crippen molar-refractivity contribution in [3.63, 3.8) is 0 Å². The zero-order valence-electron chi connectivity index (χ0n) is 16.2. The molecule has 2 aromatic carbocycles. The third-order valence-corrected chi connectivity index (χ3v) is 3.95. The second kappa shape index (κ2) is 12.0. The monoisotopic (exact) mass is 371 g/mol. The minimum absolute atomic E-state index is 0.155. The Morgan fingerprint density at radius 2 is 1.44 bits per heavy atom. The SMILES string of the molecule is CCCCCOc1ccc(C(=O)Nc2ccc(OCCOCC)cc2)cc1. The van der Waals surface area contributed by atoms with Gasteiger partial charge in [0.05, 0.1) is 13.2 Å². The van der Waals surface area contributed by atoms with E-state index < -0.39 is 0 Å². The fourth-order valence-electron chi connectivity index (χ4n) is 2.45. The van der Waals surface area contributed by atoms with Crippen LogP contribution in [0, 0.1) is 0 Å². The van der Waals surface area contributed by atoms with Crippen LogP contribution in [-0.4, -0.2) is 32.3 Å². The van der Waals surface area contributed by atoms with Gasteiger partial charge >= 0.3 is 0 Å². The molecule has 0 aliphatic heterocycles. The van der Waals surface area contributed by atoms with Crippen LogP contribution in [0.2, 0.25) is 0 Å². The molecule has 5 nitrogen and oxygen atoms in total. The van der Waals surface area contributed by atoms with Crippen LogP contribution in [0.1, 0.15) is 43.5 Å². The number of carbonyl (C=O) groups excluding carboxylic acids is 1. The van der Waals surface area contributed by atoms with E-state index in [9.17, 15) is 4.79 Å². The Morgan fingerprint density at radius 3 is 2.07 bits per heavy atom. The van der Waals surface area contributed by atoms with Crippen LogP contribution < -0.4 is 14.8 Å². The van der Waals surface area contributed by atoms with E-state index in [-0.39, 0.29) is 5.91 Å². The fraction of sp³-hybridized carbons (Fsp3) is 0.409. The highest BCUT2D eigenvalue weighted by molar-refractivity contribution is 6.04. The van der Waals surface area contributed by atoms with Crippen LogP contribution >= 0.6 is 0 Å². The van der Waals surface area contributed by atoms with Crippen LogP contribution in [0.4, 0.5) is 5.69 Å². The van der Waals surface area contributed by atoms with Gasteiger partial charge in [0.15, 0.2) is 0 Å². The van der Waals surface area contributed by atoms with Crippen molar-refractivity contribution >= 4 is 11.6 Å². The Morgan fingerprint density at radius 1 is 0.815 bits per heavy atom. The second-order valence-electron chi connectivity index (χ2n) is 6.10. The molecular weight excluding hydrogens is 342 g/mol. The van der Waals surface area contributed by atoms with E-state index in [0.717, 1.165) is 30.0 Å². The van der Waals surface area contributed by atoms with Gasteiger partial charge in [0, 0.05) is 17.9 Å². The lowest BCUT2D eigenvalue weighted by Crippen LogP contribution is -2.12. The number of hydrogen-bond donors (Lipinski definition) is 1. The van der Waals surface area contributed by atoms with Gasteiger partial charge in [-0.25, -0.2) is 0 Å². The Bertz CT molecular complexity index is 668. The van der Waals surface area contributed by atoms with Crippen LogP contribution in [0.3, 0.4) is 0 Å². The van der Waals surface area contributed by atoms with Crippen molar-refractivity contribution in [1.29, 1.82) is 0 Å². The summed E-state index contributed by atoms with van der Waals surface area (Å²) in [5.41, 5.74) is 1.31. The first-order chi connectivity index (χ1) is 13.2. The van der Waals surface area contributed by atoms with Crippen LogP contribution in [0.5, 0.6) is 11.5 Å². The molecule has 0 fully saturated rings. The Balaban J connectivity index is 1.80. The normalized spacial score (nSPS) is 10.4. The Labute approximate surface area is 161 Å². The number of nitrogens with one attached hydrogen (secondary N) is 1. The zero-order valence-corrected chi connectivity index (χ0v) is 16.2. The largest absolute Gasteiger partial charge is 0.494 e. The lowest BCUT2D eigenvalue weighted by Gasteiger charge is -2.09. The first kappa shape index (κ1) is 20.8. The number of ether oxygens (including phenoxy) is 3. The van der Waals surface area contributed by atoms with E-state index in [4.69, 9.17) is 14.2 Å². The number of rotatable bonds is 12. The number of unbranched alkanes of at least 4 members (excludes halogenated alkanes) is 2. The third-order valence-electron chi connectivity index (χ3n) is 3.95. The van der Waals surface area contributed by atoms with Gasteiger partial charge in [0.1, 0.15) is 18.1 Å². The van der Waals surface area contributed by atoms with Gasteiger partial charge in [-0.3, -0.25) is 4.79 Å². The molecule has 0 aliphatic carbocycles. The van der Waals surface area contributed by atoms with Gasteiger partial charge in [0.2, 0.25) is 0 Å². The summed E-state index contributed by atoms with van der Waals surface area (Å²) in [6.45, 7) is 6.57. The van der Waals surface area contributed by atoms with Gasteiger partial charge in [-0.2, -0.15) is 0 Å². The molecule has 0 radical (unpaired) electrons. The molecule has 0 atom stereocenters. The summed E-state index contributed by atoms with van der Waals surface area (Å²) in [7, 11) is 0. The molecule has 0 saturated heterocycles. The van der Waals surface area contributed by atoms with Gasteiger partial charge in [0.25, 0.3) is 5.91 Å². The molecule has 0 heterocycles. The molecule has 5 heteroatoms. The van der Waals surface area contributed by atoms with Crippen molar-refractivity contribution in [2.45, 2.75) is 33.1 Å². The maximum absolute atomic E-state index is 12.4. The van der Waals surface area contributed by atoms with Crippen LogP contribution in [0.15, 0.2) is 48.5 Å². The lowest BCUT2D eigenvalue weighted by atomic mass is 10.2. The first-order valence-corrected chi connectivity index (χ1v) is 9.57. The summed E-state index contributed by atoms with van der Waals surface area (Å²) in [6.07, 6.45) is 3.38. The molecule has 0 bridgehead atoms. The van der Waals surface area contributed by atoms with Gasteiger partial charge in [-0.05, 0) is 61.9 Å². The minimum atomic E-state index is -0.155. The summed E-state index contributed by atoms with van der Waals surface area (Å²) in [6, 6.07) is 14.5. The summed E-state index contributed by atoms with van der Waals surface area (Å²) < 4.78 is 16.5. The molecule has 0 aromatic heterocycles. The van der Waals surface area contributed by atoms with Crippen LogP contribution in [-0.2, 0) is 4.74 Å². The first-order valence-electron chi connectivity index (χ1n) is 9.57. The molecule has 2 aromatic rings. The summed E-state index contributed by atoms with van der Waals surface area (Å²) >= 11 is 0. The van der Waals surface area contributed by atoms with E-state index in [2.05, 4.69) is 12.2 Å². The van der Waals surface area contributed by atoms with E-state index in [1.165, 1.54) is 6.42 Å². The highest BCUT2D eigenvalue weighted by atomic mass is 16.5. The molecular formula is C22H29NO4. The maximum atomic E-state index is 12.4. The van der Waals surface area contributed by atoms with Gasteiger partial charge < -0.3 is 19.5 Å². The molecule has 1 amide bonds. The third kappa shape index (κ3) is 7.71. The molecule has 0 spiro atoms. The van der Waals surface area contributed by atoms with Gasteiger partial charge in [-0.1, -0.05) is 19.8 Å². The highest BCUT2D eigenvalue weighted by Gasteiger charge is 2.06. The quantitative estimate of drug-likeness (QED) is 0.538. The Hall–Kier alpha value is -2.53. The number of anilines is 1. The van der Waals surface area contributed by atoms with E-state index in [0.29, 0.717) is 32.0 Å². The van der Waals surface area contributed by atoms with Crippen molar-refractivity contribution in [2.75, 3.05) is 31.7 Å². The summed E-state index contributed by atoms with van der Waals surface area (Å²) in [5, 5.41) is 2.88. The second-order valence-corrected chi connectivity index (χ2v) is 6.10. The van der Waals surface area contributed by atoms with Crippen molar-refractivity contribution in [2.24, 2.45) is 0 Å². The molecule has 0 aliphatic rings. The van der Waals surface area contributed by atoms with Crippen molar-refractivity contribution in [3.8, 4) is 11.5 Å². The number of amides is 1. The highest BCUT2D eigenvalue weighted by Crippen LogP contribution is 2.18. The fourth-order valence-corrected chi connectivity index (χ4v) is 2.45. The average Bonchev–Trinajstić information content (AvgIpc) is 2.70. The minimum Gasteiger partial charge on any atom is -0.494 e. The maximum Gasteiger partial charge on any atom is 0.255 e. The lowest BCUT2D eigenvalue weighted by molar-refractivity contribution is 0.102. The molecule has 146 valence electrons. The molecule has 0 unspecified atom stereocenters. The zero-order chi connectivity index (χ0) is 19.3. The van der Waals surface area contributed by atoms with Crippen molar-refractivity contribution < 1.29 is 19.0 Å². The van der Waals surface area contributed by atoms with Gasteiger partial charge in [-0.15, -0.1) is 0 Å². The smallest absolute Gasteiger partial charge is 0.255 e. The molecule has 0 saturated carbocycles. The van der Waals surface area contributed by atoms with Crippen molar-refractivity contribution in [3.05, 3.63) is 54.1 Å². The number of carbonyl (C=O) groups is 1. The van der Waals surface area contributed by atoms with Crippen molar-refractivity contribution in [1.82, 2.24) is 0 Å². The van der Waals surface area contributed by atoms with E-state index in [1.54, 1.807) is 12.1 Å². The summed E-state index contributed by atoms with van der Waals surface area (Å²) in [4.78, 5) is 12.4. The van der Waals surface area contributed by atoms with E-state index in [1.807, 2.05) is 43.3 Å². The topological polar surface area (TPSA) is 56.8 Å². The average molecular weight is 371 g/mol.